The number of hydrogen-bond acceptors (Lipinski definition) is 4. The number of amides is 1. The fraction of sp³-hybridized carbons (Fsp3) is 0.0455. The smallest absolute Gasteiger partial charge is 0.253 e. The summed E-state index contributed by atoms with van der Waals surface area (Å²) >= 11 is 0. The van der Waals surface area contributed by atoms with Crippen LogP contribution in [0.2, 0.25) is 0 Å². The van der Waals surface area contributed by atoms with Gasteiger partial charge in [-0.25, -0.2) is 9.67 Å². The molecule has 0 spiro atoms. The molecule has 4 aromatic rings. The lowest BCUT2D eigenvalue weighted by Crippen LogP contribution is -2.23. The Bertz CT molecular complexity index is 1050. The van der Waals surface area contributed by atoms with Crippen LogP contribution in [0.5, 0.6) is 11.6 Å². The zero-order valence-electron chi connectivity index (χ0n) is 15.0. The van der Waals surface area contributed by atoms with E-state index in [0.29, 0.717) is 23.7 Å². The third-order valence-electron chi connectivity index (χ3n) is 4.10. The standard InChI is InChI=1S/C22H18N4O2/c27-22(18-10-11-21(23-16-18)28-20-8-2-1-3-9-20)24-15-17-6-4-7-19(14-17)26-13-5-12-25-26/h1-14,16H,15H2,(H,24,27). The van der Waals surface area contributed by atoms with E-state index in [9.17, 15) is 4.79 Å². The second-order valence-electron chi connectivity index (χ2n) is 6.10. The largest absolute Gasteiger partial charge is 0.439 e. The van der Waals surface area contributed by atoms with Gasteiger partial charge < -0.3 is 10.1 Å². The maximum atomic E-state index is 12.4. The first kappa shape index (κ1) is 17.5. The summed E-state index contributed by atoms with van der Waals surface area (Å²) in [6.07, 6.45) is 5.11. The monoisotopic (exact) mass is 370 g/mol. The van der Waals surface area contributed by atoms with Crippen molar-refractivity contribution in [1.82, 2.24) is 20.1 Å². The fourth-order valence-corrected chi connectivity index (χ4v) is 2.70. The molecule has 0 bridgehead atoms. The van der Waals surface area contributed by atoms with Crippen LogP contribution in [0, 0.1) is 0 Å². The molecule has 0 aliphatic carbocycles. The van der Waals surface area contributed by atoms with E-state index < -0.39 is 0 Å². The molecule has 0 atom stereocenters. The number of benzene rings is 2. The molecule has 2 aromatic heterocycles. The van der Waals surface area contributed by atoms with E-state index in [1.54, 1.807) is 23.0 Å². The van der Waals surface area contributed by atoms with E-state index >= 15 is 0 Å². The van der Waals surface area contributed by atoms with E-state index in [2.05, 4.69) is 15.4 Å². The Morgan fingerprint density at radius 1 is 1.00 bits per heavy atom. The van der Waals surface area contributed by atoms with Gasteiger partial charge in [0, 0.05) is 31.2 Å². The molecule has 1 N–H and O–H groups in total. The summed E-state index contributed by atoms with van der Waals surface area (Å²) in [5.41, 5.74) is 2.41. The Balaban J connectivity index is 1.37. The molecule has 0 radical (unpaired) electrons. The molecular formula is C22H18N4O2. The molecule has 4 rings (SSSR count). The van der Waals surface area contributed by atoms with Crippen LogP contribution in [0.25, 0.3) is 5.69 Å². The number of rotatable bonds is 6. The van der Waals surface area contributed by atoms with Crippen LogP contribution in [0.15, 0.2) is 91.4 Å². The molecule has 0 fully saturated rings. The molecule has 0 unspecified atom stereocenters. The van der Waals surface area contributed by atoms with E-state index in [1.165, 1.54) is 6.20 Å². The van der Waals surface area contributed by atoms with Crippen molar-refractivity contribution in [2.75, 3.05) is 0 Å². The zero-order valence-corrected chi connectivity index (χ0v) is 15.0. The molecule has 0 aliphatic heterocycles. The third-order valence-corrected chi connectivity index (χ3v) is 4.10. The van der Waals surface area contributed by atoms with Gasteiger partial charge in [-0.2, -0.15) is 5.10 Å². The van der Waals surface area contributed by atoms with Crippen LogP contribution in [0.3, 0.4) is 0 Å². The molecule has 0 saturated heterocycles. The molecule has 0 aliphatic rings. The van der Waals surface area contributed by atoms with Gasteiger partial charge in [0.15, 0.2) is 0 Å². The summed E-state index contributed by atoms with van der Waals surface area (Å²) in [6, 6.07) is 22.5. The van der Waals surface area contributed by atoms with E-state index in [-0.39, 0.29) is 5.91 Å². The topological polar surface area (TPSA) is 69.0 Å². The normalized spacial score (nSPS) is 10.4. The fourth-order valence-electron chi connectivity index (χ4n) is 2.70. The van der Waals surface area contributed by atoms with Gasteiger partial charge in [-0.3, -0.25) is 4.79 Å². The van der Waals surface area contributed by atoms with Crippen molar-refractivity contribution in [2.24, 2.45) is 0 Å². The number of carbonyl (C=O) groups excluding carboxylic acids is 1. The van der Waals surface area contributed by atoms with Crippen molar-refractivity contribution in [2.45, 2.75) is 6.54 Å². The highest BCUT2D eigenvalue weighted by Gasteiger charge is 2.07. The number of nitrogens with zero attached hydrogens (tertiary/aromatic N) is 3. The predicted octanol–water partition coefficient (Wildman–Crippen LogP) is 3.99. The lowest BCUT2D eigenvalue weighted by Gasteiger charge is -2.08. The lowest BCUT2D eigenvalue weighted by atomic mass is 10.2. The first-order valence-corrected chi connectivity index (χ1v) is 8.84. The van der Waals surface area contributed by atoms with Gasteiger partial charge in [-0.05, 0) is 42.0 Å². The number of ether oxygens (including phenoxy) is 1. The Hall–Kier alpha value is -3.93. The molecule has 2 aromatic carbocycles. The Morgan fingerprint density at radius 3 is 2.64 bits per heavy atom. The van der Waals surface area contributed by atoms with Gasteiger partial charge in [0.1, 0.15) is 5.75 Å². The maximum absolute atomic E-state index is 12.4. The second-order valence-corrected chi connectivity index (χ2v) is 6.10. The van der Waals surface area contributed by atoms with Gasteiger partial charge in [0.25, 0.3) is 5.91 Å². The number of para-hydroxylation sites is 1. The second kappa shape index (κ2) is 8.18. The maximum Gasteiger partial charge on any atom is 0.253 e. The Labute approximate surface area is 162 Å². The van der Waals surface area contributed by atoms with Crippen LogP contribution in [0.4, 0.5) is 0 Å². The highest BCUT2D eigenvalue weighted by Crippen LogP contribution is 2.18. The van der Waals surface area contributed by atoms with Crippen molar-refractivity contribution in [3.05, 3.63) is 103 Å². The van der Waals surface area contributed by atoms with Crippen molar-refractivity contribution < 1.29 is 9.53 Å². The molecule has 2 heterocycles. The predicted molar refractivity (Wildman–Crippen MR) is 105 cm³/mol. The van der Waals surface area contributed by atoms with Gasteiger partial charge in [-0.1, -0.05) is 30.3 Å². The third kappa shape index (κ3) is 4.24. The van der Waals surface area contributed by atoms with E-state index in [1.807, 2.05) is 66.9 Å². The van der Waals surface area contributed by atoms with Gasteiger partial charge in [0.05, 0.1) is 11.3 Å². The van der Waals surface area contributed by atoms with Crippen molar-refractivity contribution >= 4 is 5.91 Å². The van der Waals surface area contributed by atoms with Crippen LogP contribution in [0.1, 0.15) is 15.9 Å². The average Bonchev–Trinajstić information content (AvgIpc) is 3.29. The SMILES string of the molecule is O=C(NCc1cccc(-n2cccn2)c1)c1ccc(Oc2ccccc2)nc1. The number of aromatic nitrogens is 3. The molecule has 6 nitrogen and oxygen atoms in total. The summed E-state index contributed by atoms with van der Waals surface area (Å²) in [7, 11) is 0. The minimum absolute atomic E-state index is 0.191. The van der Waals surface area contributed by atoms with Gasteiger partial charge in [0.2, 0.25) is 5.88 Å². The number of nitrogens with one attached hydrogen (secondary N) is 1. The van der Waals surface area contributed by atoms with Gasteiger partial charge >= 0.3 is 0 Å². The molecule has 0 saturated carbocycles. The highest BCUT2D eigenvalue weighted by atomic mass is 16.5. The average molecular weight is 370 g/mol. The summed E-state index contributed by atoms with van der Waals surface area (Å²) in [5.74, 6) is 0.946. The van der Waals surface area contributed by atoms with E-state index in [0.717, 1.165) is 11.3 Å². The number of pyridine rings is 1. The minimum Gasteiger partial charge on any atom is -0.439 e. The van der Waals surface area contributed by atoms with Crippen LogP contribution < -0.4 is 10.1 Å². The van der Waals surface area contributed by atoms with E-state index in [4.69, 9.17) is 4.74 Å². The van der Waals surface area contributed by atoms with Gasteiger partial charge in [-0.15, -0.1) is 0 Å². The van der Waals surface area contributed by atoms with Crippen molar-refractivity contribution in [3.63, 3.8) is 0 Å². The Morgan fingerprint density at radius 2 is 1.89 bits per heavy atom. The number of hydrogen-bond donors (Lipinski definition) is 1. The summed E-state index contributed by atoms with van der Waals surface area (Å²) in [4.78, 5) is 16.6. The quantitative estimate of drug-likeness (QED) is 0.557. The molecule has 6 heteroatoms. The lowest BCUT2D eigenvalue weighted by molar-refractivity contribution is 0.0950. The molecule has 138 valence electrons. The summed E-state index contributed by atoms with van der Waals surface area (Å²) in [6.45, 7) is 0.413. The summed E-state index contributed by atoms with van der Waals surface area (Å²) < 4.78 is 7.42. The highest BCUT2D eigenvalue weighted by molar-refractivity contribution is 5.93. The first-order chi connectivity index (χ1) is 13.8. The Kier molecular flexibility index (Phi) is 5.11. The molecule has 28 heavy (non-hydrogen) atoms. The number of carbonyl (C=O) groups is 1. The van der Waals surface area contributed by atoms with Crippen LogP contribution >= 0.6 is 0 Å². The molecule has 1 amide bonds. The van der Waals surface area contributed by atoms with Crippen molar-refractivity contribution in [3.8, 4) is 17.3 Å². The van der Waals surface area contributed by atoms with Crippen LogP contribution in [-0.4, -0.2) is 20.7 Å². The summed E-state index contributed by atoms with van der Waals surface area (Å²) in [5, 5.41) is 7.13. The molecular weight excluding hydrogens is 352 g/mol. The first-order valence-electron chi connectivity index (χ1n) is 8.84. The van der Waals surface area contributed by atoms with Crippen molar-refractivity contribution in [1.29, 1.82) is 0 Å². The zero-order chi connectivity index (χ0) is 19.2. The van der Waals surface area contributed by atoms with Crippen LogP contribution in [-0.2, 0) is 6.54 Å². The minimum atomic E-state index is -0.191.